The van der Waals surface area contributed by atoms with Gasteiger partial charge in [-0.05, 0) is 44.1 Å². The van der Waals surface area contributed by atoms with Crippen molar-refractivity contribution in [1.82, 2.24) is 4.90 Å². The maximum Gasteiger partial charge on any atom is 0.323 e. The molecule has 0 aliphatic carbocycles. The monoisotopic (exact) mass is 308 g/mol. The van der Waals surface area contributed by atoms with Crippen molar-refractivity contribution in [2.75, 3.05) is 32.8 Å². The molecule has 0 radical (unpaired) electrons. The van der Waals surface area contributed by atoms with Crippen LogP contribution in [0.25, 0.3) is 0 Å². The first-order valence-corrected chi connectivity index (χ1v) is 7.96. The molecule has 0 aliphatic heterocycles. The number of hydrogen-bond acceptors (Lipinski definition) is 5. The van der Waals surface area contributed by atoms with Gasteiger partial charge in [-0.3, -0.25) is 4.79 Å². The molecule has 0 fully saturated rings. The maximum absolute atomic E-state index is 11.5. The molecule has 5 heteroatoms. The van der Waals surface area contributed by atoms with E-state index in [4.69, 9.17) is 15.2 Å². The molecule has 0 aromatic heterocycles. The van der Waals surface area contributed by atoms with Crippen molar-refractivity contribution >= 4 is 5.97 Å². The highest BCUT2D eigenvalue weighted by Gasteiger charge is 2.14. The van der Waals surface area contributed by atoms with Crippen LogP contribution in [0.5, 0.6) is 5.75 Å². The van der Waals surface area contributed by atoms with E-state index in [-0.39, 0.29) is 5.97 Å². The Hall–Kier alpha value is -1.59. The third-order valence-corrected chi connectivity index (χ3v) is 3.54. The van der Waals surface area contributed by atoms with Crippen LogP contribution in [-0.4, -0.2) is 49.8 Å². The first-order chi connectivity index (χ1) is 10.6. The highest BCUT2D eigenvalue weighted by atomic mass is 16.5. The lowest BCUT2D eigenvalue weighted by atomic mass is 10.1. The molecule has 1 atom stereocenters. The third kappa shape index (κ3) is 6.45. The van der Waals surface area contributed by atoms with Gasteiger partial charge in [0.1, 0.15) is 18.4 Å². The number of rotatable bonds is 10. The van der Waals surface area contributed by atoms with Crippen LogP contribution in [0.2, 0.25) is 0 Å². The van der Waals surface area contributed by atoms with Gasteiger partial charge >= 0.3 is 5.97 Å². The lowest BCUT2D eigenvalue weighted by molar-refractivity contribution is -0.144. The molecule has 0 aliphatic rings. The molecule has 1 aromatic rings. The standard InChI is InChI=1S/C17H28N2O3/c1-4-19(5-2)11-12-22-15-9-7-14(8-10-15)13-16(18)17(20)21-6-3/h7-10,16H,4-6,11-13,18H2,1-3H3. The molecule has 0 heterocycles. The molecule has 1 unspecified atom stereocenters. The van der Waals surface area contributed by atoms with Gasteiger partial charge in [-0.15, -0.1) is 0 Å². The van der Waals surface area contributed by atoms with E-state index >= 15 is 0 Å². The first-order valence-electron chi connectivity index (χ1n) is 7.96. The van der Waals surface area contributed by atoms with Crippen LogP contribution >= 0.6 is 0 Å². The Labute approximate surface area is 133 Å². The van der Waals surface area contributed by atoms with Gasteiger partial charge in [-0.2, -0.15) is 0 Å². The van der Waals surface area contributed by atoms with Crippen molar-refractivity contribution in [2.24, 2.45) is 5.73 Å². The zero-order valence-electron chi connectivity index (χ0n) is 13.9. The van der Waals surface area contributed by atoms with Gasteiger partial charge in [-0.1, -0.05) is 26.0 Å². The lowest BCUT2D eigenvalue weighted by Crippen LogP contribution is -2.34. The quantitative estimate of drug-likeness (QED) is 0.668. The van der Waals surface area contributed by atoms with E-state index in [9.17, 15) is 4.79 Å². The number of benzene rings is 1. The molecular weight excluding hydrogens is 280 g/mol. The van der Waals surface area contributed by atoms with Crippen LogP contribution in [-0.2, 0) is 16.0 Å². The molecule has 2 N–H and O–H groups in total. The lowest BCUT2D eigenvalue weighted by Gasteiger charge is -2.18. The van der Waals surface area contributed by atoms with Gasteiger partial charge < -0.3 is 20.1 Å². The SMILES string of the molecule is CCOC(=O)C(N)Cc1ccc(OCCN(CC)CC)cc1. The summed E-state index contributed by atoms with van der Waals surface area (Å²) in [5.41, 5.74) is 6.80. The summed E-state index contributed by atoms with van der Waals surface area (Å²) in [6.07, 6.45) is 0.471. The second-order valence-corrected chi connectivity index (χ2v) is 5.08. The minimum Gasteiger partial charge on any atom is -0.492 e. The van der Waals surface area contributed by atoms with Crippen molar-refractivity contribution in [3.63, 3.8) is 0 Å². The van der Waals surface area contributed by atoms with E-state index in [0.717, 1.165) is 30.9 Å². The van der Waals surface area contributed by atoms with E-state index in [1.54, 1.807) is 6.92 Å². The number of nitrogens with zero attached hydrogens (tertiary/aromatic N) is 1. The molecular formula is C17H28N2O3. The van der Waals surface area contributed by atoms with Crippen LogP contribution in [0.4, 0.5) is 0 Å². The summed E-state index contributed by atoms with van der Waals surface area (Å²) in [6, 6.07) is 7.08. The first kappa shape index (κ1) is 18.5. The number of carbonyl (C=O) groups excluding carboxylic acids is 1. The molecule has 1 rings (SSSR count). The summed E-state index contributed by atoms with van der Waals surface area (Å²) >= 11 is 0. The molecule has 5 nitrogen and oxygen atoms in total. The van der Waals surface area contributed by atoms with Crippen LogP contribution in [0.15, 0.2) is 24.3 Å². The van der Waals surface area contributed by atoms with Crippen LogP contribution in [0.1, 0.15) is 26.3 Å². The van der Waals surface area contributed by atoms with Gasteiger partial charge in [0.2, 0.25) is 0 Å². The Morgan fingerprint density at radius 1 is 1.18 bits per heavy atom. The van der Waals surface area contributed by atoms with Crippen molar-refractivity contribution < 1.29 is 14.3 Å². The number of nitrogens with two attached hydrogens (primary N) is 1. The highest BCUT2D eigenvalue weighted by molar-refractivity contribution is 5.75. The molecule has 124 valence electrons. The fourth-order valence-electron chi connectivity index (χ4n) is 2.14. The Morgan fingerprint density at radius 2 is 1.82 bits per heavy atom. The Kier molecular flexibility index (Phi) is 8.55. The Morgan fingerprint density at radius 3 is 2.36 bits per heavy atom. The summed E-state index contributed by atoms with van der Waals surface area (Å²) in [4.78, 5) is 13.8. The molecule has 0 amide bonds. The molecule has 22 heavy (non-hydrogen) atoms. The third-order valence-electron chi connectivity index (χ3n) is 3.54. The molecule has 0 bridgehead atoms. The van der Waals surface area contributed by atoms with Gasteiger partial charge in [0.05, 0.1) is 6.61 Å². The average molecular weight is 308 g/mol. The summed E-state index contributed by atoms with van der Waals surface area (Å²) in [6.45, 7) is 10.1. The predicted molar refractivity (Wildman–Crippen MR) is 88.0 cm³/mol. The maximum atomic E-state index is 11.5. The summed E-state index contributed by atoms with van der Waals surface area (Å²) in [5, 5.41) is 0. The van der Waals surface area contributed by atoms with Crippen molar-refractivity contribution in [1.29, 1.82) is 0 Å². The van der Waals surface area contributed by atoms with Gasteiger partial charge in [0.15, 0.2) is 0 Å². The molecule has 0 saturated heterocycles. The number of ether oxygens (including phenoxy) is 2. The summed E-state index contributed by atoms with van der Waals surface area (Å²) in [7, 11) is 0. The number of esters is 1. The second kappa shape index (κ2) is 10.2. The van der Waals surface area contributed by atoms with Crippen LogP contribution in [0, 0.1) is 0 Å². The van der Waals surface area contributed by atoms with E-state index < -0.39 is 6.04 Å². The largest absolute Gasteiger partial charge is 0.492 e. The van der Waals surface area contributed by atoms with E-state index in [1.165, 1.54) is 0 Å². The normalized spacial score (nSPS) is 12.2. The Balaban J connectivity index is 2.41. The predicted octanol–water partition coefficient (Wildman–Crippen LogP) is 1.84. The number of likely N-dealkylation sites (N-methyl/N-ethyl adjacent to an activating group) is 1. The zero-order chi connectivity index (χ0) is 16.4. The van der Waals surface area contributed by atoms with E-state index in [1.807, 2.05) is 24.3 Å². The van der Waals surface area contributed by atoms with Crippen LogP contribution in [0.3, 0.4) is 0 Å². The zero-order valence-corrected chi connectivity index (χ0v) is 13.9. The smallest absolute Gasteiger partial charge is 0.323 e. The second-order valence-electron chi connectivity index (χ2n) is 5.08. The van der Waals surface area contributed by atoms with Crippen molar-refractivity contribution in [2.45, 2.75) is 33.2 Å². The van der Waals surface area contributed by atoms with E-state index in [0.29, 0.717) is 19.6 Å². The van der Waals surface area contributed by atoms with Gasteiger partial charge in [-0.25, -0.2) is 0 Å². The number of hydrogen-bond donors (Lipinski definition) is 1. The average Bonchev–Trinajstić information content (AvgIpc) is 2.53. The fourth-order valence-corrected chi connectivity index (χ4v) is 2.14. The fraction of sp³-hybridized carbons (Fsp3) is 0.588. The van der Waals surface area contributed by atoms with Crippen molar-refractivity contribution in [3.05, 3.63) is 29.8 Å². The molecule has 0 saturated carbocycles. The minimum atomic E-state index is -0.616. The summed E-state index contributed by atoms with van der Waals surface area (Å²) < 4.78 is 10.6. The van der Waals surface area contributed by atoms with Gasteiger partial charge in [0.25, 0.3) is 0 Å². The van der Waals surface area contributed by atoms with Crippen molar-refractivity contribution in [3.8, 4) is 5.75 Å². The highest BCUT2D eigenvalue weighted by Crippen LogP contribution is 2.13. The Bertz CT molecular complexity index is 430. The minimum absolute atomic E-state index is 0.353. The van der Waals surface area contributed by atoms with Crippen LogP contribution < -0.4 is 10.5 Å². The van der Waals surface area contributed by atoms with E-state index in [2.05, 4.69) is 18.7 Å². The topological polar surface area (TPSA) is 64.8 Å². The molecule has 1 aromatic carbocycles. The van der Waals surface area contributed by atoms with Gasteiger partial charge in [0, 0.05) is 6.54 Å². The molecule has 0 spiro atoms. The summed E-state index contributed by atoms with van der Waals surface area (Å²) in [5.74, 6) is 0.475. The number of carbonyl (C=O) groups is 1.